The zero-order valence-electron chi connectivity index (χ0n) is 11.3. The van der Waals surface area contributed by atoms with Crippen LogP contribution in [0.5, 0.6) is 0 Å². The lowest BCUT2D eigenvalue weighted by molar-refractivity contribution is 0.112. The minimum absolute atomic E-state index is 0.00500. The Morgan fingerprint density at radius 3 is 2.56 bits per heavy atom. The SMILES string of the molecule is CCCC(CC)(COC)c1cc(Br)cc(C=O)c1. The minimum atomic E-state index is 0.00500. The number of carbonyl (C=O) groups is 1. The van der Waals surface area contributed by atoms with Gasteiger partial charge < -0.3 is 4.74 Å². The number of methoxy groups -OCH3 is 1. The Kier molecular flexibility index (Phi) is 6.03. The van der Waals surface area contributed by atoms with E-state index in [0.717, 1.165) is 30.0 Å². The van der Waals surface area contributed by atoms with Crippen molar-refractivity contribution in [3.05, 3.63) is 33.8 Å². The molecule has 0 fully saturated rings. The molecule has 0 heterocycles. The van der Waals surface area contributed by atoms with Gasteiger partial charge in [0.25, 0.3) is 0 Å². The third kappa shape index (κ3) is 3.42. The van der Waals surface area contributed by atoms with Crippen molar-refractivity contribution in [3.8, 4) is 0 Å². The van der Waals surface area contributed by atoms with Gasteiger partial charge in [-0.05, 0) is 36.6 Å². The van der Waals surface area contributed by atoms with Crippen molar-refractivity contribution in [2.45, 2.75) is 38.5 Å². The predicted molar refractivity (Wildman–Crippen MR) is 78.3 cm³/mol. The molecular formula is C15H21BrO2. The molecule has 18 heavy (non-hydrogen) atoms. The van der Waals surface area contributed by atoms with Gasteiger partial charge in [-0.25, -0.2) is 0 Å². The molecular weight excluding hydrogens is 292 g/mol. The molecule has 0 radical (unpaired) electrons. The van der Waals surface area contributed by atoms with Crippen LogP contribution in [0.1, 0.15) is 49.0 Å². The highest BCUT2D eigenvalue weighted by molar-refractivity contribution is 9.10. The molecule has 100 valence electrons. The van der Waals surface area contributed by atoms with Crippen molar-refractivity contribution >= 4 is 22.2 Å². The number of benzene rings is 1. The summed E-state index contributed by atoms with van der Waals surface area (Å²) in [5.41, 5.74) is 1.90. The molecule has 0 spiro atoms. The van der Waals surface area contributed by atoms with Crippen LogP contribution in [0.3, 0.4) is 0 Å². The fourth-order valence-corrected chi connectivity index (χ4v) is 3.04. The first-order valence-corrected chi connectivity index (χ1v) is 7.16. The van der Waals surface area contributed by atoms with Crippen molar-refractivity contribution in [1.29, 1.82) is 0 Å². The van der Waals surface area contributed by atoms with E-state index in [-0.39, 0.29) is 5.41 Å². The van der Waals surface area contributed by atoms with Crippen LogP contribution in [-0.4, -0.2) is 20.0 Å². The maximum atomic E-state index is 11.0. The van der Waals surface area contributed by atoms with Gasteiger partial charge in [-0.15, -0.1) is 0 Å². The summed E-state index contributed by atoms with van der Waals surface area (Å²) in [5.74, 6) is 0. The van der Waals surface area contributed by atoms with Crippen LogP contribution in [-0.2, 0) is 10.2 Å². The van der Waals surface area contributed by atoms with E-state index >= 15 is 0 Å². The summed E-state index contributed by atoms with van der Waals surface area (Å²) in [7, 11) is 1.73. The topological polar surface area (TPSA) is 26.3 Å². The molecule has 0 amide bonds. The van der Waals surface area contributed by atoms with Gasteiger partial charge in [0.05, 0.1) is 6.61 Å². The summed E-state index contributed by atoms with van der Waals surface area (Å²) < 4.78 is 6.37. The second-order valence-corrected chi connectivity index (χ2v) is 5.62. The first-order valence-electron chi connectivity index (χ1n) is 6.37. The number of rotatable bonds is 7. The summed E-state index contributed by atoms with van der Waals surface area (Å²) in [5, 5.41) is 0. The monoisotopic (exact) mass is 312 g/mol. The van der Waals surface area contributed by atoms with Gasteiger partial charge >= 0.3 is 0 Å². The van der Waals surface area contributed by atoms with E-state index in [0.29, 0.717) is 12.2 Å². The summed E-state index contributed by atoms with van der Waals surface area (Å²) in [6, 6.07) is 5.93. The zero-order valence-corrected chi connectivity index (χ0v) is 12.9. The van der Waals surface area contributed by atoms with E-state index in [9.17, 15) is 4.79 Å². The number of ether oxygens (including phenoxy) is 1. The van der Waals surface area contributed by atoms with Crippen molar-refractivity contribution < 1.29 is 9.53 Å². The Balaban J connectivity index is 3.26. The van der Waals surface area contributed by atoms with E-state index in [1.54, 1.807) is 7.11 Å². The predicted octanol–water partition coefficient (Wildman–Crippen LogP) is 4.36. The van der Waals surface area contributed by atoms with E-state index < -0.39 is 0 Å². The normalized spacial score (nSPS) is 14.2. The Hall–Kier alpha value is -0.670. The molecule has 1 atom stereocenters. The van der Waals surface area contributed by atoms with Crippen molar-refractivity contribution in [2.24, 2.45) is 0 Å². The fraction of sp³-hybridized carbons (Fsp3) is 0.533. The Labute approximate surface area is 118 Å². The van der Waals surface area contributed by atoms with E-state index in [4.69, 9.17) is 4.74 Å². The summed E-state index contributed by atoms with van der Waals surface area (Å²) >= 11 is 3.48. The molecule has 0 aliphatic heterocycles. The molecule has 2 nitrogen and oxygen atoms in total. The molecule has 0 bridgehead atoms. The molecule has 0 saturated carbocycles. The maximum absolute atomic E-state index is 11.0. The van der Waals surface area contributed by atoms with Gasteiger partial charge in [0.15, 0.2) is 0 Å². The minimum Gasteiger partial charge on any atom is -0.384 e. The molecule has 0 saturated heterocycles. The smallest absolute Gasteiger partial charge is 0.150 e. The lowest BCUT2D eigenvalue weighted by Gasteiger charge is -2.33. The molecule has 1 rings (SSSR count). The van der Waals surface area contributed by atoms with Crippen LogP contribution >= 0.6 is 15.9 Å². The molecule has 1 aromatic rings. The fourth-order valence-electron chi connectivity index (χ4n) is 2.52. The second kappa shape index (κ2) is 7.05. The first kappa shape index (κ1) is 15.4. The lowest BCUT2D eigenvalue weighted by Crippen LogP contribution is -2.31. The average molecular weight is 313 g/mol. The van der Waals surface area contributed by atoms with Crippen molar-refractivity contribution in [3.63, 3.8) is 0 Å². The lowest BCUT2D eigenvalue weighted by atomic mass is 9.75. The van der Waals surface area contributed by atoms with Crippen molar-refractivity contribution in [1.82, 2.24) is 0 Å². The van der Waals surface area contributed by atoms with Crippen LogP contribution in [0, 0.1) is 0 Å². The highest BCUT2D eigenvalue weighted by atomic mass is 79.9. The van der Waals surface area contributed by atoms with Crippen LogP contribution < -0.4 is 0 Å². The molecule has 0 aromatic heterocycles. The van der Waals surface area contributed by atoms with Crippen LogP contribution in [0.15, 0.2) is 22.7 Å². The molecule has 0 aliphatic rings. The largest absolute Gasteiger partial charge is 0.384 e. The van der Waals surface area contributed by atoms with Gasteiger partial charge in [0.2, 0.25) is 0 Å². The highest BCUT2D eigenvalue weighted by Gasteiger charge is 2.30. The maximum Gasteiger partial charge on any atom is 0.150 e. The third-order valence-electron chi connectivity index (χ3n) is 3.49. The molecule has 3 heteroatoms. The molecule has 0 aliphatic carbocycles. The van der Waals surface area contributed by atoms with Crippen LogP contribution in [0.4, 0.5) is 0 Å². The zero-order chi connectivity index (χ0) is 13.6. The van der Waals surface area contributed by atoms with Crippen molar-refractivity contribution in [2.75, 3.05) is 13.7 Å². The summed E-state index contributed by atoms with van der Waals surface area (Å²) in [4.78, 5) is 11.0. The van der Waals surface area contributed by atoms with E-state index in [1.807, 2.05) is 12.1 Å². The number of aldehydes is 1. The Morgan fingerprint density at radius 2 is 2.06 bits per heavy atom. The van der Waals surface area contributed by atoms with Crippen LogP contribution in [0.25, 0.3) is 0 Å². The summed E-state index contributed by atoms with van der Waals surface area (Å²) in [6.07, 6.45) is 4.06. The molecule has 0 N–H and O–H groups in total. The number of hydrogen-bond acceptors (Lipinski definition) is 2. The van der Waals surface area contributed by atoms with E-state index in [1.165, 1.54) is 5.56 Å². The number of halogens is 1. The Bertz CT molecular complexity index is 395. The highest BCUT2D eigenvalue weighted by Crippen LogP contribution is 2.35. The summed E-state index contributed by atoms with van der Waals surface area (Å²) in [6.45, 7) is 5.04. The first-order chi connectivity index (χ1) is 8.61. The van der Waals surface area contributed by atoms with Gasteiger partial charge in [-0.2, -0.15) is 0 Å². The van der Waals surface area contributed by atoms with Gasteiger partial charge in [0, 0.05) is 22.6 Å². The molecule has 1 unspecified atom stereocenters. The average Bonchev–Trinajstić information content (AvgIpc) is 2.37. The van der Waals surface area contributed by atoms with E-state index in [2.05, 4.69) is 35.8 Å². The standard InChI is InChI=1S/C15H21BrO2/c1-4-6-15(5-2,11-18-3)13-7-12(10-17)8-14(16)9-13/h7-10H,4-6,11H2,1-3H3. The van der Waals surface area contributed by atoms with Gasteiger partial charge in [-0.3, -0.25) is 4.79 Å². The van der Waals surface area contributed by atoms with Gasteiger partial charge in [0.1, 0.15) is 6.29 Å². The Morgan fingerprint density at radius 1 is 1.33 bits per heavy atom. The molecule has 1 aromatic carbocycles. The number of hydrogen-bond donors (Lipinski definition) is 0. The number of carbonyl (C=O) groups excluding carboxylic acids is 1. The third-order valence-corrected chi connectivity index (χ3v) is 3.95. The van der Waals surface area contributed by atoms with Crippen LogP contribution in [0.2, 0.25) is 0 Å². The van der Waals surface area contributed by atoms with Gasteiger partial charge in [-0.1, -0.05) is 36.2 Å². The second-order valence-electron chi connectivity index (χ2n) is 4.71. The quantitative estimate of drug-likeness (QED) is 0.699.